The highest BCUT2D eigenvalue weighted by atomic mass is 31.2. The number of aliphatic hydroxyl groups is 2. The van der Waals surface area contributed by atoms with Gasteiger partial charge in [-0.15, -0.1) is 0 Å². The molecule has 0 radical (unpaired) electrons. The third kappa shape index (κ3) is 38.0. The molecule has 0 spiro atoms. The van der Waals surface area contributed by atoms with Crippen LogP contribution in [0.2, 0.25) is 0 Å². The van der Waals surface area contributed by atoms with Crippen LogP contribution in [0.3, 0.4) is 0 Å². The molecule has 0 aliphatic rings. The molecule has 0 aromatic rings. The van der Waals surface area contributed by atoms with Crippen LogP contribution in [0.15, 0.2) is 12.2 Å². The van der Waals surface area contributed by atoms with Crippen LogP contribution >= 0.6 is 7.82 Å². The summed E-state index contributed by atoms with van der Waals surface area (Å²) >= 11 is 0. The van der Waals surface area contributed by atoms with Crippen molar-refractivity contribution in [1.29, 1.82) is 0 Å². The first kappa shape index (κ1) is 53.7. The van der Waals surface area contributed by atoms with E-state index < -0.39 is 44.7 Å². The second-order valence-electron chi connectivity index (χ2n) is 15.2. The van der Waals surface area contributed by atoms with Gasteiger partial charge in [0.25, 0.3) is 0 Å². The fourth-order valence-corrected chi connectivity index (χ4v) is 7.13. The van der Waals surface area contributed by atoms with E-state index in [1.54, 1.807) is 0 Å². The van der Waals surface area contributed by atoms with Gasteiger partial charge in [0, 0.05) is 19.4 Å². The molecule has 326 valence electrons. The Morgan fingerprint density at radius 2 is 1.07 bits per heavy atom. The van der Waals surface area contributed by atoms with Crippen LogP contribution in [0.5, 0.6) is 0 Å². The average Bonchev–Trinajstić information content (AvgIpc) is 3.17. The smallest absolute Gasteiger partial charge is 0.462 e. The Bertz CT molecular complexity index is 952. The van der Waals surface area contributed by atoms with E-state index in [0.29, 0.717) is 25.7 Å². The largest absolute Gasteiger partial charge is 0.472 e. The minimum Gasteiger partial charge on any atom is -0.462 e. The van der Waals surface area contributed by atoms with Crippen LogP contribution in [0, 0.1) is 0 Å². The zero-order valence-electron chi connectivity index (χ0n) is 35.2. The molecule has 0 saturated carbocycles. The van der Waals surface area contributed by atoms with Crippen molar-refractivity contribution in [2.45, 2.75) is 225 Å². The first-order chi connectivity index (χ1) is 26.6. The number of ether oxygens (including phenoxy) is 2. The van der Waals surface area contributed by atoms with Gasteiger partial charge in [0.05, 0.1) is 25.4 Å². The van der Waals surface area contributed by atoms with Crippen molar-refractivity contribution in [3.8, 4) is 0 Å². The van der Waals surface area contributed by atoms with Crippen LogP contribution in [-0.4, -0.2) is 71.7 Å². The molecule has 0 aliphatic heterocycles. The molecule has 0 fully saturated rings. The van der Waals surface area contributed by atoms with Crippen LogP contribution in [0.25, 0.3) is 0 Å². The number of hydrogen-bond donors (Lipinski definition) is 4. The number of carbonyl (C=O) groups excluding carboxylic acids is 2. The van der Waals surface area contributed by atoms with Crippen molar-refractivity contribution in [2.75, 3.05) is 26.4 Å². The minimum absolute atomic E-state index is 0.0305. The number of rotatable bonds is 42. The lowest BCUT2D eigenvalue weighted by Gasteiger charge is -2.20. The van der Waals surface area contributed by atoms with E-state index >= 15 is 0 Å². The highest BCUT2D eigenvalue weighted by molar-refractivity contribution is 7.47. The molecule has 11 nitrogen and oxygen atoms in total. The quantitative estimate of drug-likeness (QED) is 0.0200. The Balaban J connectivity index is 4.22. The summed E-state index contributed by atoms with van der Waals surface area (Å²) < 4.78 is 32.7. The van der Waals surface area contributed by atoms with E-state index in [-0.39, 0.29) is 32.6 Å². The molecule has 0 heterocycles. The predicted molar refractivity (Wildman–Crippen MR) is 223 cm³/mol. The summed E-state index contributed by atoms with van der Waals surface area (Å²) in [7, 11) is -4.41. The number of unbranched alkanes of at least 4 members (excludes halogenated alkanes) is 23. The maximum absolute atomic E-state index is 12.6. The van der Waals surface area contributed by atoms with Crippen molar-refractivity contribution >= 4 is 19.8 Å². The minimum atomic E-state index is -4.41. The van der Waals surface area contributed by atoms with Gasteiger partial charge in [-0.05, 0) is 38.5 Å². The van der Waals surface area contributed by atoms with Crippen molar-refractivity contribution < 1.29 is 47.8 Å². The first-order valence-electron chi connectivity index (χ1n) is 22.3. The molecule has 12 heteroatoms. The molecular formula is C43H84NO10P. The summed E-state index contributed by atoms with van der Waals surface area (Å²) in [5.41, 5.74) is 5.34. The SMILES string of the molecule is CCCCC/C=C\C[C@H](O)[C@@H](O)CCCCCCCC(=O)O[C@H](COC(=O)CCCCCCCCCCCCCCCCCCC)COP(=O)(O)OCCN. The molecule has 1 unspecified atom stereocenters. The van der Waals surface area contributed by atoms with Gasteiger partial charge in [-0.1, -0.05) is 167 Å². The number of nitrogens with two attached hydrogens (primary N) is 1. The number of allylic oxidation sites excluding steroid dienone is 1. The van der Waals surface area contributed by atoms with Crippen LogP contribution in [0.1, 0.15) is 206 Å². The summed E-state index contributed by atoms with van der Waals surface area (Å²) in [5.74, 6) is -0.931. The second kappa shape index (κ2) is 39.5. The summed E-state index contributed by atoms with van der Waals surface area (Å²) in [5, 5.41) is 20.4. The van der Waals surface area contributed by atoms with Crippen molar-refractivity contribution in [3.63, 3.8) is 0 Å². The number of esters is 2. The molecule has 0 amide bonds. The zero-order valence-corrected chi connectivity index (χ0v) is 36.0. The summed E-state index contributed by atoms with van der Waals surface area (Å²) in [6.45, 7) is 3.52. The number of carbonyl (C=O) groups is 2. The second-order valence-corrected chi connectivity index (χ2v) is 16.7. The van der Waals surface area contributed by atoms with Gasteiger partial charge in [-0.25, -0.2) is 4.57 Å². The average molecular weight is 806 g/mol. The Labute approximate surface area is 335 Å². The van der Waals surface area contributed by atoms with Gasteiger partial charge in [0.1, 0.15) is 6.61 Å². The number of aliphatic hydroxyl groups excluding tert-OH is 2. The van der Waals surface area contributed by atoms with Gasteiger partial charge in [0.2, 0.25) is 0 Å². The van der Waals surface area contributed by atoms with Gasteiger partial charge >= 0.3 is 19.8 Å². The van der Waals surface area contributed by atoms with Crippen molar-refractivity contribution in [1.82, 2.24) is 0 Å². The highest BCUT2D eigenvalue weighted by Crippen LogP contribution is 2.43. The van der Waals surface area contributed by atoms with Gasteiger partial charge < -0.3 is 30.3 Å². The van der Waals surface area contributed by atoms with E-state index in [2.05, 4.69) is 19.9 Å². The Morgan fingerprint density at radius 3 is 1.60 bits per heavy atom. The Kier molecular flexibility index (Phi) is 38.5. The lowest BCUT2D eigenvalue weighted by molar-refractivity contribution is -0.161. The summed E-state index contributed by atoms with van der Waals surface area (Å²) in [6.07, 6.45) is 32.6. The fraction of sp³-hybridized carbons (Fsp3) is 0.907. The molecule has 0 rings (SSSR count). The number of phosphoric ester groups is 1. The summed E-state index contributed by atoms with van der Waals surface area (Å²) in [4.78, 5) is 34.9. The van der Waals surface area contributed by atoms with E-state index in [1.165, 1.54) is 103 Å². The maximum Gasteiger partial charge on any atom is 0.472 e. The van der Waals surface area contributed by atoms with E-state index in [4.69, 9.17) is 24.3 Å². The monoisotopic (exact) mass is 806 g/mol. The van der Waals surface area contributed by atoms with E-state index in [0.717, 1.165) is 51.4 Å². The lowest BCUT2D eigenvalue weighted by Crippen LogP contribution is -2.29. The molecule has 0 aromatic heterocycles. The van der Waals surface area contributed by atoms with Crippen LogP contribution < -0.4 is 5.73 Å². The molecule has 4 atom stereocenters. The Hall–Kier alpha value is -1.33. The van der Waals surface area contributed by atoms with Crippen LogP contribution in [0.4, 0.5) is 0 Å². The number of phosphoric acid groups is 1. The van der Waals surface area contributed by atoms with Crippen molar-refractivity contribution in [3.05, 3.63) is 12.2 Å². The molecule has 0 aliphatic carbocycles. The Morgan fingerprint density at radius 1 is 0.600 bits per heavy atom. The lowest BCUT2D eigenvalue weighted by atomic mass is 10.0. The van der Waals surface area contributed by atoms with Gasteiger partial charge in [-0.3, -0.25) is 18.6 Å². The summed E-state index contributed by atoms with van der Waals surface area (Å²) in [6, 6.07) is 0. The molecule has 0 saturated heterocycles. The van der Waals surface area contributed by atoms with E-state index in [9.17, 15) is 29.3 Å². The molecule has 0 aromatic carbocycles. The predicted octanol–water partition coefficient (Wildman–Crippen LogP) is 10.6. The first-order valence-corrected chi connectivity index (χ1v) is 23.8. The molecular weight excluding hydrogens is 721 g/mol. The van der Waals surface area contributed by atoms with Crippen molar-refractivity contribution in [2.24, 2.45) is 5.73 Å². The number of hydrogen-bond acceptors (Lipinski definition) is 10. The van der Waals surface area contributed by atoms with Gasteiger partial charge in [0.15, 0.2) is 6.10 Å². The third-order valence-electron chi connectivity index (χ3n) is 9.85. The molecule has 55 heavy (non-hydrogen) atoms. The normalized spacial score (nSPS) is 14.5. The topological polar surface area (TPSA) is 175 Å². The maximum atomic E-state index is 12.6. The molecule has 0 bridgehead atoms. The standard InChI is InChI=1S/C43H84NO10P/c1-3-5-7-9-11-12-13-14-15-16-17-18-19-20-21-25-29-33-42(47)51-37-39(38-53-55(49,50)52-36-35-44)54-43(48)34-30-26-22-24-28-32-41(46)40(45)31-27-23-10-8-6-4-2/h23,27,39-41,45-46H,3-22,24-26,28-38,44H2,1-2H3,(H,49,50)/b27-23-/t39-,40+,41+/m1/s1. The van der Waals surface area contributed by atoms with E-state index in [1.807, 2.05) is 6.08 Å². The third-order valence-corrected chi connectivity index (χ3v) is 10.8. The zero-order chi connectivity index (χ0) is 40.7. The van der Waals surface area contributed by atoms with Crippen LogP contribution in [-0.2, 0) is 32.7 Å². The van der Waals surface area contributed by atoms with Gasteiger partial charge in [-0.2, -0.15) is 0 Å². The highest BCUT2D eigenvalue weighted by Gasteiger charge is 2.26. The fourth-order valence-electron chi connectivity index (χ4n) is 6.36. The molecule has 5 N–H and O–H groups in total.